The summed E-state index contributed by atoms with van der Waals surface area (Å²) in [5.74, 6) is -1.59. The lowest BCUT2D eigenvalue weighted by Crippen LogP contribution is -2.48. The van der Waals surface area contributed by atoms with Gasteiger partial charge < -0.3 is 10.5 Å². The van der Waals surface area contributed by atoms with E-state index in [9.17, 15) is 22.4 Å². The van der Waals surface area contributed by atoms with E-state index in [0.717, 1.165) is 0 Å². The molecular weight excluding hydrogens is 230 g/mol. The highest BCUT2D eigenvalue weighted by molar-refractivity contribution is 5.85. The third-order valence-corrected chi connectivity index (χ3v) is 1.21. The highest BCUT2D eigenvalue weighted by Gasteiger charge is 2.46. The van der Waals surface area contributed by atoms with Crippen LogP contribution < -0.4 is 5.73 Å². The molecule has 14 heavy (non-hydrogen) atoms. The average molecular weight is 240 g/mol. The Morgan fingerprint density at radius 2 is 1.93 bits per heavy atom. The Kier molecular flexibility index (Phi) is 6.84. The fraction of sp³-hybridized carbons (Fsp3) is 0.833. The van der Waals surface area contributed by atoms with Gasteiger partial charge in [-0.05, 0) is 6.92 Å². The van der Waals surface area contributed by atoms with Gasteiger partial charge in [-0.3, -0.25) is 0 Å². The number of hydrogen-bond donors (Lipinski definition) is 1. The normalized spacial score (nSPS) is 15.3. The van der Waals surface area contributed by atoms with Crippen molar-refractivity contribution in [3.05, 3.63) is 0 Å². The molecule has 0 rings (SSSR count). The topological polar surface area (TPSA) is 52.3 Å². The largest absolute Gasteiger partial charge is 0.464 e. The van der Waals surface area contributed by atoms with Crippen molar-refractivity contribution >= 4 is 18.4 Å². The van der Waals surface area contributed by atoms with Crippen molar-refractivity contribution in [3.63, 3.8) is 0 Å². The lowest BCUT2D eigenvalue weighted by Gasteiger charge is -2.17. The number of esters is 1. The summed E-state index contributed by atoms with van der Waals surface area (Å²) in [4.78, 5) is 10.5. The van der Waals surface area contributed by atoms with Crippen molar-refractivity contribution in [1.29, 1.82) is 0 Å². The SMILES string of the molecule is CCOC(=O)C(F)[C@@H](N)C(F)(F)F.Cl. The summed E-state index contributed by atoms with van der Waals surface area (Å²) in [6, 6.07) is -2.83. The molecule has 0 aliphatic heterocycles. The number of hydrogen-bond acceptors (Lipinski definition) is 3. The Balaban J connectivity index is 0. The van der Waals surface area contributed by atoms with E-state index in [4.69, 9.17) is 0 Å². The minimum absolute atomic E-state index is 0. The van der Waals surface area contributed by atoms with Crippen LogP contribution in [-0.4, -0.2) is 31.0 Å². The van der Waals surface area contributed by atoms with Gasteiger partial charge in [-0.1, -0.05) is 0 Å². The number of nitrogens with two attached hydrogens (primary N) is 1. The summed E-state index contributed by atoms with van der Waals surface area (Å²) in [5.41, 5.74) is 4.42. The number of halogens is 5. The van der Waals surface area contributed by atoms with Gasteiger partial charge in [0.2, 0.25) is 6.17 Å². The van der Waals surface area contributed by atoms with Crippen molar-refractivity contribution in [2.75, 3.05) is 6.61 Å². The second-order valence-electron chi connectivity index (χ2n) is 2.22. The minimum atomic E-state index is -4.94. The Hall–Kier alpha value is -0.560. The van der Waals surface area contributed by atoms with E-state index in [2.05, 4.69) is 10.5 Å². The molecule has 0 aromatic heterocycles. The molecule has 0 aliphatic rings. The maximum atomic E-state index is 12.6. The van der Waals surface area contributed by atoms with Gasteiger partial charge in [0.05, 0.1) is 6.61 Å². The van der Waals surface area contributed by atoms with Crippen molar-refractivity contribution in [2.45, 2.75) is 25.3 Å². The van der Waals surface area contributed by atoms with Crippen LogP contribution in [-0.2, 0) is 9.53 Å². The van der Waals surface area contributed by atoms with Gasteiger partial charge in [-0.15, -0.1) is 12.4 Å². The van der Waals surface area contributed by atoms with Crippen LogP contribution in [0.25, 0.3) is 0 Å². The number of carbonyl (C=O) groups excluding carboxylic acids is 1. The molecule has 2 N–H and O–H groups in total. The van der Waals surface area contributed by atoms with Gasteiger partial charge in [0.25, 0.3) is 0 Å². The third kappa shape index (κ3) is 4.61. The van der Waals surface area contributed by atoms with Crippen LogP contribution in [0.5, 0.6) is 0 Å². The molecule has 2 atom stereocenters. The van der Waals surface area contributed by atoms with Crippen molar-refractivity contribution in [2.24, 2.45) is 5.73 Å². The molecule has 0 aromatic rings. The standard InChI is InChI=1S/C6H9F4NO2.ClH/c1-2-13-5(12)3(7)4(11)6(8,9)10;/h3-4H,2,11H2,1H3;1H/t3?,4-;/m1./s1. The van der Waals surface area contributed by atoms with E-state index in [-0.39, 0.29) is 19.0 Å². The zero-order chi connectivity index (χ0) is 10.6. The first-order chi connectivity index (χ1) is 5.80. The Morgan fingerprint density at radius 1 is 1.50 bits per heavy atom. The van der Waals surface area contributed by atoms with Crippen LogP contribution in [0.1, 0.15) is 6.92 Å². The summed E-state index contributed by atoms with van der Waals surface area (Å²) in [6.07, 6.45) is -7.80. The van der Waals surface area contributed by atoms with Gasteiger partial charge in [-0.2, -0.15) is 13.2 Å². The highest BCUT2D eigenvalue weighted by atomic mass is 35.5. The van der Waals surface area contributed by atoms with E-state index in [1.54, 1.807) is 0 Å². The van der Waals surface area contributed by atoms with E-state index < -0.39 is 24.4 Å². The Bertz CT molecular complexity index is 187. The molecule has 1 unspecified atom stereocenters. The molecule has 0 aromatic carbocycles. The van der Waals surface area contributed by atoms with Crippen LogP contribution in [0.15, 0.2) is 0 Å². The first kappa shape index (κ1) is 15.9. The lowest BCUT2D eigenvalue weighted by atomic mass is 10.2. The van der Waals surface area contributed by atoms with E-state index >= 15 is 0 Å². The summed E-state index contributed by atoms with van der Waals surface area (Å²) < 4.78 is 51.8. The third-order valence-electron chi connectivity index (χ3n) is 1.21. The molecule has 0 saturated heterocycles. The molecule has 86 valence electrons. The predicted molar refractivity (Wildman–Crippen MR) is 42.8 cm³/mol. The van der Waals surface area contributed by atoms with E-state index in [1.165, 1.54) is 6.92 Å². The van der Waals surface area contributed by atoms with Crippen molar-refractivity contribution < 1.29 is 27.1 Å². The summed E-state index contributed by atoms with van der Waals surface area (Å²) in [6.45, 7) is 1.16. The molecule has 8 heteroatoms. The second kappa shape index (κ2) is 6.02. The lowest BCUT2D eigenvalue weighted by molar-refractivity contribution is -0.177. The first-order valence-electron chi connectivity index (χ1n) is 3.43. The molecule has 0 aliphatic carbocycles. The fourth-order valence-electron chi connectivity index (χ4n) is 0.534. The van der Waals surface area contributed by atoms with Crippen LogP contribution in [0.4, 0.5) is 17.6 Å². The summed E-state index contributed by atoms with van der Waals surface area (Å²) in [5, 5.41) is 0. The first-order valence-corrected chi connectivity index (χ1v) is 3.43. The Morgan fingerprint density at radius 3 is 2.21 bits per heavy atom. The zero-order valence-electron chi connectivity index (χ0n) is 7.18. The average Bonchev–Trinajstić information content (AvgIpc) is 2.00. The molecule has 0 bridgehead atoms. The second-order valence-corrected chi connectivity index (χ2v) is 2.22. The summed E-state index contributed by atoms with van der Waals surface area (Å²) in [7, 11) is 0. The van der Waals surface area contributed by atoms with Crippen molar-refractivity contribution in [1.82, 2.24) is 0 Å². The fourth-order valence-corrected chi connectivity index (χ4v) is 0.534. The van der Waals surface area contributed by atoms with Gasteiger partial charge >= 0.3 is 12.1 Å². The predicted octanol–water partition coefficient (Wildman–Crippen LogP) is 1.20. The minimum Gasteiger partial charge on any atom is -0.464 e. The van der Waals surface area contributed by atoms with Crippen LogP contribution in [0.2, 0.25) is 0 Å². The van der Waals surface area contributed by atoms with Crippen molar-refractivity contribution in [3.8, 4) is 0 Å². The monoisotopic (exact) mass is 239 g/mol. The number of carbonyl (C=O) groups is 1. The quantitative estimate of drug-likeness (QED) is 0.595. The zero-order valence-corrected chi connectivity index (χ0v) is 7.99. The number of ether oxygens (including phenoxy) is 1. The number of rotatable bonds is 3. The molecule has 0 radical (unpaired) electrons. The molecular formula is C6H10ClF4NO2. The number of alkyl halides is 4. The van der Waals surface area contributed by atoms with Crippen LogP contribution in [0.3, 0.4) is 0 Å². The Labute approximate surface area is 84.0 Å². The van der Waals surface area contributed by atoms with Crippen LogP contribution in [0, 0.1) is 0 Å². The van der Waals surface area contributed by atoms with Gasteiger partial charge in [0.1, 0.15) is 6.04 Å². The molecule has 3 nitrogen and oxygen atoms in total. The maximum absolute atomic E-state index is 12.6. The van der Waals surface area contributed by atoms with Gasteiger partial charge in [-0.25, -0.2) is 9.18 Å². The molecule has 0 saturated carbocycles. The molecule has 0 spiro atoms. The van der Waals surface area contributed by atoms with Crippen LogP contribution >= 0.6 is 12.4 Å². The highest BCUT2D eigenvalue weighted by Crippen LogP contribution is 2.22. The molecule has 0 fully saturated rings. The summed E-state index contributed by atoms with van der Waals surface area (Å²) >= 11 is 0. The van der Waals surface area contributed by atoms with Gasteiger partial charge in [0.15, 0.2) is 0 Å². The molecule has 0 amide bonds. The molecule has 0 heterocycles. The van der Waals surface area contributed by atoms with E-state index in [1.807, 2.05) is 0 Å². The van der Waals surface area contributed by atoms with E-state index in [0.29, 0.717) is 0 Å². The van der Waals surface area contributed by atoms with Gasteiger partial charge in [0, 0.05) is 0 Å². The smallest absolute Gasteiger partial charge is 0.407 e. The maximum Gasteiger partial charge on any atom is 0.407 e.